The lowest BCUT2D eigenvalue weighted by atomic mass is 10.0. The summed E-state index contributed by atoms with van der Waals surface area (Å²) in [6.45, 7) is 12.7. The topological polar surface area (TPSA) is 47.5 Å². The fourth-order valence-corrected chi connectivity index (χ4v) is 4.45. The van der Waals surface area contributed by atoms with Crippen molar-refractivity contribution in [1.29, 1.82) is 0 Å². The van der Waals surface area contributed by atoms with Crippen molar-refractivity contribution in [2.24, 2.45) is 0 Å². The Bertz CT molecular complexity index is 977. The van der Waals surface area contributed by atoms with Crippen molar-refractivity contribution in [3.63, 3.8) is 0 Å². The van der Waals surface area contributed by atoms with Crippen LogP contribution in [0.2, 0.25) is 0 Å². The first-order valence-electron chi connectivity index (χ1n) is 9.86. The molecule has 0 spiro atoms. The van der Waals surface area contributed by atoms with E-state index in [4.69, 9.17) is 19.4 Å². The molecular formula is C22H27N3O2S. The zero-order valence-corrected chi connectivity index (χ0v) is 17.8. The molecule has 0 bridgehead atoms. The highest BCUT2D eigenvalue weighted by Gasteiger charge is 2.19. The van der Waals surface area contributed by atoms with E-state index in [-0.39, 0.29) is 0 Å². The van der Waals surface area contributed by atoms with Gasteiger partial charge in [-0.05, 0) is 43.0 Å². The summed E-state index contributed by atoms with van der Waals surface area (Å²) in [7, 11) is 0. The molecule has 1 aliphatic heterocycles. The molecule has 4 rings (SSSR count). The Morgan fingerprint density at radius 3 is 2.71 bits per heavy atom. The number of benzene rings is 1. The van der Waals surface area contributed by atoms with Crippen LogP contribution in [0.1, 0.15) is 41.6 Å². The summed E-state index contributed by atoms with van der Waals surface area (Å²) >= 11 is 1.71. The van der Waals surface area contributed by atoms with Crippen LogP contribution >= 0.6 is 11.3 Å². The second-order valence-corrected chi connectivity index (χ2v) is 8.83. The van der Waals surface area contributed by atoms with Crippen LogP contribution < -0.4 is 4.74 Å². The normalized spacial score (nSPS) is 15.5. The number of nitrogens with zero attached hydrogens (tertiary/aromatic N) is 3. The van der Waals surface area contributed by atoms with Gasteiger partial charge in [-0.2, -0.15) is 4.98 Å². The summed E-state index contributed by atoms with van der Waals surface area (Å²) in [5, 5.41) is 1.03. The first-order chi connectivity index (χ1) is 13.5. The largest absolute Gasteiger partial charge is 0.438 e. The minimum absolute atomic E-state index is 0.455. The van der Waals surface area contributed by atoms with E-state index in [1.54, 1.807) is 11.3 Å². The molecule has 0 aliphatic carbocycles. The third-order valence-corrected chi connectivity index (χ3v) is 6.35. The fraction of sp³-hybridized carbons (Fsp3) is 0.455. The van der Waals surface area contributed by atoms with Gasteiger partial charge in [0.1, 0.15) is 16.4 Å². The number of morpholine rings is 1. The zero-order chi connectivity index (χ0) is 19.7. The van der Waals surface area contributed by atoms with E-state index in [1.165, 1.54) is 16.0 Å². The first-order valence-corrected chi connectivity index (χ1v) is 10.7. The number of hydrogen-bond donors (Lipinski definition) is 0. The summed E-state index contributed by atoms with van der Waals surface area (Å²) in [6, 6.07) is 8.28. The van der Waals surface area contributed by atoms with Gasteiger partial charge in [0.2, 0.25) is 5.88 Å². The summed E-state index contributed by atoms with van der Waals surface area (Å²) in [5.41, 5.74) is 2.46. The molecule has 0 atom stereocenters. The van der Waals surface area contributed by atoms with Crippen molar-refractivity contribution < 1.29 is 9.47 Å². The number of aromatic nitrogens is 2. The molecule has 28 heavy (non-hydrogen) atoms. The molecule has 0 N–H and O–H groups in total. The highest BCUT2D eigenvalue weighted by Crippen LogP contribution is 2.37. The standard InChI is InChI=1S/C22H27N3O2S/c1-14(2)17-6-5-7-18(12-17)27-21-20-15(3)16(4)28-22(20)24-19(23-21)13-25-8-10-26-11-9-25/h5-7,12,14H,8-11,13H2,1-4H3. The van der Waals surface area contributed by atoms with Gasteiger partial charge >= 0.3 is 0 Å². The molecular weight excluding hydrogens is 370 g/mol. The Balaban J connectivity index is 1.71. The van der Waals surface area contributed by atoms with Gasteiger partial charge in [-0.15, -0.1) is 11.3 Å². The third kappa shape index (κ3) is 4.04. The Morgan fingerprint density at radius 2 is 1.96 bits per heavy atom. The predicted octanol–water partition coefficient (Wildman–Crippen LogP) is 5.06. The number of rotatable bonds is 5. The van der Waals surface area contributed by atoms with Crippen molar-refractivity contribution in [3.05, 3.63) is 46.1 Å². The van der Waals surface area contributed by atoms with Crippen LogP contribution in [0.15, 0.2) is 24.3 Å². The monoisotopic (exact) mass is 397 g/mol. The van der Waals surface area contributed by atoms with Crippen molar-refractivity contribution in [2.45, 2.75) is 40.2 Å². The average Bonchev–Trinajstić information content (AvgIpc) is 2.97. The molecule has 1 aliphatic rings. The Morgan fingerprint density at radius 1 is 1.18 bits per heavy atom. The smallest absolute Gasteiger partial charge is 0.231 e. The highest BCUT2D eigenvalue weighted by molar-refractivity contribution is 7.18. The van der Waals surface area contributed by atoms with Gasteiger partial charge in [0.15, 0.2) is 0 Å². The molecule has 0 amide bonds. The lowest BCUT2D eigenvalue weighted by molar-refractivity contribution is 0.0330. The Hall–Kier alpha value is -2.02. The minimum Gasteiger partial charge on any atom is -0.438 e. The van der Waals surface area contributed by atoms with Gasteiger partial charge in [-0.25, -0.2) is 4.98 Å². The quantitative estimate of drug-likeness (QED) is 0.602. The molecule has 1 saturated heterocycles. The van der Waals surface area contributed by atoms with E-state index in [0.717, 1.165) is 54.6 Å². The van der Waals surface area contributed by atoms with Gasteiger partial charge in [0.05, 0.1) is 25.1 Å². The van der Waals surface area contributed by atoms with E-state index in [1.807, 2.05) is 12.1 Å². The molecule has 0 saturated carbocycles. The number of fused-ring (bicyclic) bond motifs is 1. The van der Waals surface area contributed by atoms with Crippen molar-refractivity contribution >= 4 is 21.6 Å². The predicted molar refractivity (Wildman–Crippen MR) is 114 cm³/mol. The van der Waals surface area contributed by atoms with Crippen molar-refractivity contribution in [3.8, 4) is 11.6 Å². The molecule has 1 fully saturated rings. The second kappa shape index (κ2) is 8.15. The summed E-state index contributed by atoms with van der Waals surface area (Å²) in [5.74, 6) is 2.75. The van der Waals surface area contributed by atoms with Gasteiger partial charge in [0.25, 0.3) is 0 Å². The molecule has 2 aromatic heterocycles. The van der Waals surface area contributed by atoms with E-state index < -0.39 is 0 Å². The third-order valence-electron chi connectivity index (χ3n) is 5.25. The van der Waals surface area contributed by atoms with Crippen LogP contribution in [0.4, 0.5) is 0 Å². The van der Waals surface area contributed by atoms with Crippen LogP contribution in [-0.4, -0.2) is 41.2 Å². The summed E-state index contributed by atoms with van der Waals surface area (Å²) < 4.78 is 11.8. The average molecular weight is 398 g/mol. The van der Waals surface area contributed by atoms with Crippen LogP contribution in [0.25, 0.3) is 10.2 Å². The van der Waals surface area contributed by atoms with Gasteiger partial charge < -0.3 is 9.47 Å². The van der Waals surface area contributed by atoms with Crippen LogP contribution in [0.3, 0.4) is 0 Å². The highest BCUT2D eigenvalue weighted by atomic mass is 32.1. The van der Waals surface area contributed by atoms with E-state index in [2.05, 4.69) is 44.7 Å². The maximum atomic E-state index is 6.32. The molecule has 6 heteroatoms. The lowest BCUT2D eigenvalue weighted by Gasteiger charge is -2.25. The van der Waals surface area contributed by atoms with Crippen LogP contribution in [0, 0.1) is 13.8 Å². The second-order valence-electron chi connectivity index (χ2n) is 7.63. The Kier molecular flexibility index (Phi) is 5.62. The lowest BCUT2D eigenvalue weighted by Crippen LogP contribution is -2.36. The molecule has 148 valence electrons. The van der Waals surface area contributed by atoms with Crippen LogP contribution in [0.5, 0.6) is 11.6 Å². The minimum atomic E-state index is 0.455. The van der Waals surface area contributed by atoms with Gasteiger partial charge in [-0.1, -0.05) is 26.0 Å². The first kappa shape index (κ1) is 19.3. The van der Waals surface area contributed by atoms with E-state index in [9.17, 15) is 0 Å². The molecule has 3 aromatic rings. The number of aryl methyl sites for hydroxylation is 2. The molecule has 1 aromatic carbocycles. The fourth-order valence-electron chi connectivity index (χ4n) is 3.41. The number of ether oxygens (including phenoxy) is 2. The molecule has 0 radical (unpaired) electrons. The van der Waals surface area contributed by atoms with Crippen molar-refractivity contribution in [1.82, 2.24) is 14.9 Å². The maximum Gasteiger partial charge on any atom is 0.231 e. The van der Waals surface area contributed by atoms with Crippen LogP contribution in [-0.2, 0) is 11.3 Å². The van der Waals surface area contributed by atoms with Gasteiger partial charge in [-0.3, -0.25) is 4.90 Å². The SMILES string of the molecule is Cc1sc2nc(CN3CCOCC3)nc(Oc3cccc(C(C)C)c3)c2c1C. The number of thiophene rings is 1. The Labute approximate surface area is 170 Å². The molecule has 5 nitrogen and oxygen atoms in total. The molecule has 0 unspecified atom stereocenters. The summed E-state index contributed by atoms with van der Waals surface area (Å²) in [4.78, 5) is 14.3. The number of hydrogen-bond acceptors (Lipinski definition) is 6. The van der Waals surface area contributed by atoms with E-state index >= 15 is 0 Å². The summed E-state index contributed by atoms with van der Waals surface area (Å²) in [6.07, 6.45) is 0. The molecule has 3 heterocycles. The van der Waals surface area contributed by atoms with Gasteiger partial charge in [0, 0.05) is 18.0 Å². The van der Waals surface area contributed by atoms with Crippen molar-refractivity contribution in [2.75, 3.05) is 26.3 Å². The van der Waals surface area contributed by atoms with E-state index in [0.29, 0.717) is 11.8 Å². The zero-order valence-electron chi connectivity index (χ0n) is 17.0. The maximum absolute atomic E-state index is 6.32.